The number of benzene rings is 1. The highest BCUT2D eigenvalue weighted by Crippen LogP contribution is 2.26. The average molecular weight is 505 g/mol. The topological polar surface area (TPSA) is 131 Å². The molecular formula is C27H44N4O5. The summed E-state index contributed by atoms with van der Waals surface area (Å²) in [7, 11) is 0. The van der Waals surface area contributed by atoms with Crippen LogP contribution in [0.2, 0.25) is 0 Å². The van der Waals surface area contributed by atoms with Gasteiger partial charge in [-0.1, -0.05) is 57.4 Å². The van der Waals surface area contributed by atoms with Gasteiger partial charge in [0, 0.05) is 13.1 Å². The van der Waals surface area contributed by atoms with E-state index in [2.05, 4.69) is 17.6 Å². The van der Waals surface area contributed by atoms with Crippen molar-refractivity contribution >= 4 is 23.8 Å². The van der Waals surface area contributed by atoms with Gasteiger partial charge in [-0.25, -0.2) is 4.79 Å². The van der Waals surface area contributed by atoms with Gasteiger partial charge in [-0.15, -0.1) is 0 Å². The highest BCUT2D eigenvalue weighted by Gasteiger charge is 2.37. The molecule has 0 bridgehead atoms. The molecule has 1 aromatic carbocycles. The molecule has 2 atom stereocenters. The Hall–Kier alpha value is -3.10. The molecule has 0 spiro atoms. The SMILES string of the molecule is CCCCCNC(=O)C(c1ccccc1C)N(CCCC)C(=O)C(CC(N)=O)NC(=O)OC(C)(C)C. The van der Waals surface area contributed by atoms with Gasteiger partial charge in [0.05, 0.1) is 6.42 Å². The van der Waals surface area contributed by atoms with Crippen LogP contribution in [0.5, 0.6) is 0 Å². The molecule has 0 heterocycles. The minimum atomic E-state index is -1.27. The number of hydrogen-bond donors (Lipinski definition) is 3. The highest BCUT2D eigenvalue weighted by molar-refractivity contribution is 5.94. The molecule has 0 saturated carbocycles. The van der Waals surface area contributed by atoms with Crippen molar-refractivity contribution in [1.82, 2.24) is 15.5 Å². The van der Waals surface area contributed by atoms with Gasteiger partial charge in [0.25, 0.3) is 0 Å². The standard InChI is InChI=1S/C27H44N4O5/c1-7-9-13-16-29-24(33)23(20-15-12-11-14-19(20)3)31(17-10-8-2)25(34)21(18-22(28)32)30-26(35)36-27(4,5)6/h11-12,14-15,21,23H,7-10,13,16-18H2,1-6H3,(H2,28,32)(H,29,33)(H,30,35). The largest absolute Gasteiger partial charge is 0.444 e. The Kier molecular flexibility index (Phi) is 13.0. The van der Waals surface area contributed by atoms with Crippen LogP contribution < -0.4 is 16.4 Å². The molecule has 0 aromatic heterocycles. The van der Waals surface area contributed by atoms with Crippen molar-refractivity contribution in [2.24, 2.45) is 5.73 Å². The number of ether oxygens (including phenoxy) is 1. The first-order valence-corrected chi connectivity index (χ1v) is 12.8. The monoisotopic (exact) mass is 504 g/mol. The van der Waals surface area contributed by atoms with Crippen LogP contribution in [0.15, 0.2) is 24.3 Å². The average Bonchev–Trinajstić information content (AvgIpc) is 2.77. The number of carbonyl (C=O) groups is 4. The number of nitrogens with one attached hydrogen (secondary N) is 2. The lowest BCUT2D eigenvalue weighted by Gasteiger charge is -2.35. The van der Waals surface area contributed by atoms with E-state index in [9.17, 15) is 19.2 Å². The maximum Gasteiger partial charge on any atom is 0.408 e. The second-order valence-corrected chi connectivity index (χ2v) is 10.0. The first-order chi connectivity index (χ1) is 16.9. The Balaban J connectivity index is 3.42. The molecule has 0 saturated heterocycles. The summed E-state index contributed by atoms with van der Waals surface area (Å²) in [5.74, 6) is -1.62. The van der Waals surface area contributed by atoms with E-state index in [1.54, 1.807) is 20.8 Å². The number of amides is 4. The molecule has 0 aliphatic carbocycles. The predicted octanol–water partition coefficient (Wildman–Crippen LogP) is 3.74. The molecule has 1 aromatic rings. The van der Waals surface area contributed by atoms with Gasteiger partial charge < -0.3 is 26.0 Å². The molecule has 36 heavy (non-hydrogen) atoms. The van der Waals surface area contributed by atoms with Crippen LogP contribution in [0.4, 0.5) is 4.79 Å². The van der Waals surface area contributed by atoms with Crippen molar-refractivity contribution in [3.05, 3.63) is 35.4 Å². The number of carbonyl (C=O) groups excluding carboxylic acids is 4. The van der Waals surface area contributed by atoms with Crippen LogP contribution in [-0.4, -0.2) is 53.4 Å². The van der Waals surface area contributed by atoms with Crippen molar-refractivity contribution in [2.45, 2.75) is 97.8 Å². The number of nitrogens with zero attached hydrogens (tertiary/aromatic N) is 1. The second kappa shape index (κ2) is 15.1. The molecule has 0 aliphatic rings. The quantitative estimate of drug-likeness (QED) is 0.332. The minimum absolute atomic E-state index is 0.266. The lowest BCUT2D eigenvalue weighted by atomic mass is 9.97. The zero-order valence-corrected chi connectivity index (χ0v) is 22.7. The van der Waals surface area contributed by atoms with Crippen molar-refractivity contribution in [3.8, 4) is 0 Å². The smallest absolute Gasteiger partial charge is 0.408 e. The number of hydrogen-bond acceptors (Lipinski definition) is 5. The molecule has 0 radical (unpaired) electrons. The summed E-state index contributed by atoms with van der Waals surface area (Å²) in [5.41, 5.74) is 6.16. The number of alkyl carbamates (subject to hydrolysis) is 1. The van der Waals surface area contributed by atoms with Gasteiger partial charge in [0.2, 0.25) is 17.7 Å². The van der Waals surface area contributed by atoms with E-state index < -0.39 is 42.0 Å². The normalized spacial score (nSPS) is 12.8. The van der Waals surface area contributed by atoms with E-state index in [0.717, 1.165) is 31.2 Å². The summed E-state index contributed by atoms with van der Waals surface area (Å²) in [4.78, 5) is 53.1. The molecule has 1 rings (SSSR count). The molecular weight excluding hydrogens is 460 g/mol. The lowest BCUT2D eigenvalue weighted by molar-refractivity contribution is -0.143. The van der Waals surface area contributed by atoms with E-state index in [1.807, 2.05) is 38.1 Å². The third-order valence-corrected chi connectivity index (χ3v) is 5.55. The zero-order chi connectivity index (χ0) is 27.3. The molecule has 9 heteroatoms. The van der Waals surface area contributed by atoms with Crippen LogP contribution in [0.1, 0.15) is 90.3 Å². The van der Waals surface area contributed by atoms with Gasteiger partial charge >= 0.3 is 6.09 Å². The van der Waals surface area contributed by atoms with E-state index >= 15 is 0 Å². The number of unbranched alkanes of at least 4 members (excludes halogenated alkanes) is 3. The fourth-order valence-corrected chi connectivity index (χ4v) is 3.77. The van der Waals surface area contributed by atoms with Crippen LogP contribution in [0.3, 0.4) is 0 Å². The van der Waals surface area contributed by atoms with E-state index in [-0.39, 0.29) is 12.5 Å². The van der Waals surface area contributed by atoms with Crippen molar-refractivity contribution in [2.75, 3.05) is 13.1 Å². The minimum Gasteiger partial charge on any atom is -0.444 e. The summed E-state index contributed by atoms with van der Waals surface area (Å²) >= 11 is 0. The van der Waals surface area contributed by atoms with Crippen molar-refractivity contribution in [3.63, 3.8) is 0 Å². The maximum absolute atomic E-state index is 13.9. The Morgan fingerprint density at radius 3 is 2.22 bits per heavy atom. The van der Waals surface area contributed by atoms with Gasteiger partial charge in [-0.2, -0.15) is 0 Å². The third-order valence-electron chi connectivity index (χ3n) is 5.55. The summed E-state index contributed by atoms with van der Waals surface area (Å²) in [5, 5.41) is 5.47. The van der Waals surface area contributed by atoms with Gasteiger partial charge in [0.1, 0.15) is 17.7 Å². The Morgan fingerprint density at radius 1 is 1.03 bits per heavy atom. The van der Waals surface area contributed by atoms with Crippen LogP contribution in [-0.2, 0) is 19.1 Å². The van der Waals surface area contributed by atoms with Crippen LogP contribution in [0.25, 0.3) is 0 Å². The fourth-order valence-electron chi connectivity index (χ4n) is 3.77. The van der Waals surface area contributed by atoms with Crippen molar-refractivity contribution in [1.29, 1.82) is 0 Å². The summed E-state index contributed by atoms with van der Waals surface area (Å²) in [6, 6.07) is 5.20. The zero-order valence-electron chi connectivity index (χ0n) is 22.7. The van der Waals surface area contributed by atoms with Crippen LogP contribution in [0, 0.1) is 6.92 Å². The van der Waals surface area contributed by atoms with E-state index in [1.165, 1.54) is 4.90 Å². The molecule has 2 unspecified atom stereocenters. The Labute approximate surface area is 215 Å². The first kappa shape index (κ1) is 30.9. The number of primary amides is 1. The molecule has 0 aliphatic heterocycles. The maximum atomic E-state index is 13.9. The molecule has 9 nitrogen and oxygen atoms in total. The fraction of sp³-hybridized carbons (Fsp3) is 0.630. The summed E-state index contributed by atoms with van der Waals surface area (Å²) < 4.78 is 5.30. The lowest BCUT2D eigenvalue weighted by Crippen LogP contribution is -2.54. The molecule has 4 N–H and O–H groups in total. The summed E-state index contributed by atoms with van der Waals surface area (Å²) in [6.45, 7) is 11.8. The Morgan fingerprint density at radius 2 is 1.67 bits per heavy atom. The number of nitrogens with two attached hydrogens (primary N) is 1. The van der Waals surface area contributed by atoms with E-state index in [0.29, 0.717) is 18.5 Å². The Bertz CT molecular complexity index is 881. The van der Waals surface area contributed by atoms with Gasteiger partial charge in [-0.3, -0.25) is 14.4 Å². The van der Waals surface area contributed by atoms with Gasteiger partial charge in [0.15, 0.2) is 0 Å². The third kappa shape index (κ3) is 10.7. The van der Waals surface area contributed by atoms with Crippen molar-refractivity contribution < 1.29 is 23.9 Å². The number of rotatable bonds is 14. The first-order valence-electron chi connectivity index (χ1n) is 12.8. The predicted molar refractivity (Wildman–Crippen MR) is 140 cm³/mol. The number of aryl methyl sites for hydroxylation is 1. The molecule has 4 amide bonds. The summed E-state index contributed by atoms with van der Waals surface area (Å²) in [6.07, 6.45) is 2.98. The molecule has 0 fully saturated rings. The molecule has 202 valence electrons. The highest BCUT2D eigenvalue weighted by atomic mass is 16.6. The van der Waals surface area contributed by atoms with Gasteiger partial charge in [-0.05, 0) is 51.7 Å². The van der Waals surface area contributed by atoms with Crippen LogP contribution >= 0.6 is 0 Å². The second-order valence-electron chi connectivity index (χ2n) is 10.0. The van der Waals surface area contributed by atoms with E-state index in [4.69, 9.17) is 10.5 Å².